The number of nitrogens with one attached hydrogen (secondary N) is 2. The first-order chi connectivity index (χ1) is 18.2. The van der Waals surface area contributed by atoms with Gasteiger partial charge in [0.15, 0.2) is 0 Å². The summed E-state index contributed by atoms with van der Waals surface area (Å²) in [7, 11) is 0. The molecule has 0 aliphatic carbocycles. The Morgan fingerprint density at radius 3 is 2.45 bits per heavy atom. The molecule has 1 fully saturated rings. The van der Waals surface area contributed by atoms with E-state index in [1.165, 1.54) is 6.07 Å². The van der Waals surface area contributed by atoms with Crippen LogP contribution in [0.1, 0.15) is 30.0 Å². The summed E-state index contributed by atoms with van der Waals surface area (Å²) in [4.78, 5) is 21.7. The molecule has 0 saturated carbocycles. The number of benzene rings is 3. The molecule has 7 nitrogen and oxygen atoms in total. The van der Waals surface area contributed by atoms with E-state index in [9.17, 15) is 18.0 Å². The second-order valence-corrected chi connectivity index (χ2v) is 9.14. The van der Waals surface area contributed by atoms with Crippen molar-refractivity contribution in [1.29, 1.82) is 0 Å². The number of ether oxygens (including phenoxy) is 2. The summed E-state index contributed by atoms with van der Waals surface area (Å²) in [6.07, 6.45) is -1.01. The van der Waals surface area contributed by atoms with Gasteiger partial charge < -0.3 is 20.1 Å². The predicted octanol–water partition coefficient (Wildman–Crippen LogP) is 7.63. The molecule has 0 unspecified atom stereocenters. The van der Waals surface area contributed by atoms with Crippen LogP contribution in [0.15, 0.2) is 66.9 Å². The van der Waals surface area contributed by atoms with Gasteiger partial charge >= 0.3 is 12.2 Å². The Morgan fingerprint density at radius 1 is 0.947 bits per heavy atom. The number of anilines is 2. The lowest BCUT2D eigenvalue weighted by Crippen LogP contribution is -2.20. The fourth-order valence-electron chi connectivity index (χ4n) is 4.15. The van der Waals surface area contributed by atoms with Crippen molar-refractivity contribution in [3.63, 3.8) is 0 Å². The van der Waals surface area contributed by atoms with E-state index < -0.39 is 22.8 Å². The van der Waals surface area contributed by atoms with Gasteiger partial charge in [-0.15, -0.1) is 0 Å². The lowest BCUT2D eigenvalue weighted by atomic mass is 9.97. The first-order valence-electron chi connectivity index (χ1n) is 11.8. The van der Waals surface area contributed by atoms with Crippen molar-refractivity contribution in [2.75, 3.05) is 23.8 Å². The molecule has 4 aromatic rings. The van der Waals surface area contributed by atoms with Crippen molar-refractivity contribution < 1.29 is 27.4 Å². The summed E-state index contributed by atoms with van der Waals surface area (Å²) in [5.41, 5.74) is 1.68. The van der Waals surface area contributed by atoms with Gasteiger partial charge in [0.05, 0.1) is 27.3 Å². The van der Waals surface area contributed by atoms with Crippen molar-refractivity contribution in [2.24, 2.45) is 0 Å². The maximum atomic E-state index is 13.1. The van der Waals surface area contributed by atoms with Crippen LogP contribution in [0.5, 0.6) is 11.5 Å². The molecule has 2 N–H and O–H groups in total. The number of aromatic nitrogens is 2. The van der Waals surface area contributed by atoms with Crippen molar-refractivity contribution in [1.82, 2.24) is 9.97 Å². The van der Waals surface area contributed by atoms with Gasteiger partial charge in [0.25, 0.3) is 0 Å². The van der Waals surface area contributed by atoms with E-state index in [1.54, 1.807) is 36.4 Å². The van der Waals surface area contributed by atoms with E-state index in [1.807, 2.05) is 12.3 Å². The fourth-order valence-corrected chi connectivity index (χ4v) is 4.37. The van der Waals surface area contributed by atoms with Crippen LogP contribution in [0.25, 0.3) is 11.0 Å². The Morgan fingerprint density at radius 2 is 1.68 bits per heavy atom. The molecule has 11 heteroatoms. The SMILES string of the molecule is O=C(Nc1cccc(Oc2ccc3ncc(C4CCOCC4)nc3c2)c1)Nc1ccc(Cl)c(C(F)(F)F)c1. The van der Waals surface area contributed by atoms with Gasteiger partial charge in [-0.25, -0.2) is 9.78 Å². The molecule has 2 amide bonds. The highest BCUT2D eigenvalue weighted by Crippen LogP contribution is 2.36. The zero-order valence-corrected chi connectivity index (χ0v) is 20.6. The maximum Gasteiger partial charge on any atom is 0.417 e. The van der Waals surface area contributed by atoms with Crippen LogP contribution in [-0.2, 0) is 10.9 Å². The van der Waals surface area contributed by atoms with E-state index in [4.69, 9.17) is 26.1 Å². The van der Waals surface area contributed by atoms with Gasteiger partial charge in [0, 0.05) is 48.8 Å². The quantitative estimate of drug-likeness (QED) is 0.271. The third-order valence-electron chi connectivity index (χ3n) is 6.03. The van der Waals surface area contributed by atoms with Gasteiger partial charge in [-0.05, 0) is 55.3 Å². The van der Waals surface area contributed by atoms with E-state index in [0.29, 0.717) is 41.8 Å². The summed E-state index contributed by atoms with van der Waals surface area (Å²) in [6.45, 7) is 1.43. The standard InChI is InChI=1S/C27H22ClF3N4O3/c28-22-6-4-18(13-21(22)27(29,30)31)34-26(36)33-17-2-1-3-19(12-17)38-20-5-7-23-24(14-20)35-25(15-32-23)16-8-10-37-11-9-16/h1-7,12-16H,8-11H2,(H2,33,34,36). The second kappa shape index (κ2) is 10.8. The predicted molar refractivity (Wildman–Crippen MR) is 138 cm³/mol. The lowest BCUT2D eigenvalue weighted by molar-refractivity contribution is -0.137. The highest BCUT2D eigenvalue weighted by Gasteiger charge is 2.33. The van der Waals surface area contributed by atoms with Crippen LogP contribution in [0, 0.1) is 0 Å². The first kappa shape index (κ1) is 25.7. The first-order valence-corrected chi connectivity index (χ1v) is 12.2. The normalized spacial score (nSPS) is 14.3. The minimum atomic E-state index is -4.64. The number of fused-ring (bicyclic) bond motifs is 1. The Labute approximate surface area is 221 Å². The van der Waals surface area contributed by atoms with Crippen LogP contribution in [0.3, 0.4) is 0 Å². The molecule has 5 rings (SSSR count). The van der Waals surface area contributed by atoms with E-state index in [2.05, 4.69) is 15.6 Å². The smallest absolute Gasteiger partial charge is 0.417 e. The molecule has 2 heterocycles. The van der Waals surface area contributed by atoms with Crippen molar-refractivity contribution in [2.45, 2.75) is 24.9 Å². The number of halogens is 4. The number of hydrogen-bond acceptors (Lipinski definition) is 5. The number of carbonyl (C=O) groups is 1. The number of alkyl halides is 3. The minimum Gasteiger partial charge on any atom is -0.457 e. The average Bonchev–Trinajstić information content (AvgIpc) is 2.89. The maximum absolute atomic E-state index is 13.1. The molecule has 0 radical (unpaired) electrons. The Bertz CT molecular complexity index is 1480. The zero-order chi connectivity index (χ0) is 26.7. The average molecular weight is 543 g/mol. The topological polar surface area (TPSA) is 85.4 Å². The molecule has 0 bridgehead atoms. The molecular formula is C27H22ClF3N4O3. The molecule has 1 aliphatic heterocycles. The number of urea groups is 1. The summed E-state index contributed by atoms with van der Waals surface area (Å²) < 4.78 is 50.7. The Kier molecular flexibility index (Phi) is 7.35. The number of amides is 2. The molecular weight excluding hydrogens is 521 g/mol. The molecule has 1 aliphatic rings. The van der Waals surface area contributed by atoms with Gasteiger partial charge in [-0.2, -0.15) is 13.2 Å². The Balaban J connectivity index is 1.27. The monoisotopic (exact) mass is 542 g/mol. The molecule has 0 atom stereocenters. The molecule has 1 saturated heterocycles. The van der Waals surface area contributed by atoms with Gasteiger partial charge in [-0.1, -0.05) is 17.7 Å². The summed E-state index contributed by atoms with van der Waals surface area (Å²) in [6, 6.07) is 14.4. The Hall–Kier alpha value is -3.89. The summed E-state index contributed by atoms with van der Waals surface area (Å²) >= 11 is 5.63. The number of nitrogens with zero attached hydrogens (tertiary/aromatic N) is 2. The molecule has 0 spiro atoms. The highest BCUT2D eigenvalue weighted by molar-refractivity contribution is 6.31. The lowest BCUT2D eigenvalue weighted by Gasteiger charge is -2.21. The summed E-state index contributed by atoms with van der Waals surface area (Å²) in [5.74, 6) is 1.30. The van der Waals surface area contributed by atoms with Gasteiger partial charge in [-0.3, -0.25) is 4.98 Å². The van der Waals surface area contributed by atoms with E-state index in [0.717, 1.165) is 36.2 Å². The van der Waals surface area contributed by atoms with Crippen molar-refractivity contribution >= 4 is 40.0 Å². The van der Waals surface area contributed by atoms with Crippen LogP contribution >= 0.6 is 11.6 Å². The van der Waals surface area contributed by atoms with Crippen LogP contribution in [0.2, 0.25) is 5.02 Å². The number of carbonyl (C=O) groups excluding carboxylic acids is 1. The summed E-state index contributed by atoms with van der Waals surface area (Å²) in [5, 5.41) is 4.51. The van der Waals surface area contributed by atoms with Crippen molar-refractivity contribution in [3.05, 3.63) is 83.1 Å². The number of rotatable bonds is 5. The van der Waals surface area contributed by atoms with Gasteiger partial charge in [0.2, 0.25) is 0 Å². The second-order valence-electron chi connectivity index (χ2n) is 8.73. The van der Waals surface area contributed by atoms with Crippen molar-refractivity contribution in [3.8, 4) is 11.5 Å². The molecule has 3 aromatic carbocycles. The van der Waals surface area contributed by atoms with E-state index in [-0.39, 0.29) is 5.69 Å². The highest BCUT2D eigenvalue weighted by atomic mass is 35.5. The zero-order valence-electron chi connectivity index (χ0n) is 19.9. The minimum absolute atomic E-state index is 0.0518. The van der Waals surface area contributed by atoms with Crippen LogP contribution in [-0.4, -0.2) is 29.2 Å². The van der Waals surface area contributed by atoms with E-state index >= 15 is 0 Å². The van der Waals surface area contributed by atoms with Crippen LogP contribution < -0.4 is 15.4 Å². The van der Waals surface area contributed by atoms with Crippen LogP contribution in [0.4, 0.5) is 29.3 Å². The third-order valence-corrected chi connectivity index (χ3v) is 6.36. The molecule has 1 aromatic heterocycles. The molecule has 38 heavy (non-hydrogen) atoms. The molecule has 196 valence electrons. The van der Waals surface area contributed by atoms with Gasteiger partial charge in [0.1, 0.15) is 11.5 Å². The number of hydrogen-bond donors (Lipinski definition) is 2. The third kappa shape index (κ3) is 6.15. The largest absolute Gasteiger partial charge is 0.457 e. The fraction of sp³-hybridized carbons (Fsp3) is 0.222.